The molecule has 1 aromatic carbocycles. The van der Waals surface area contributed by atoms with Gasteiger partial charge in [-0.25, -0.2) is 0 Å². The maximum atomic E-state index is 6.21. The van der Waals surface area contributed by atoms with E-state index in [1.807, 2.05) is 18.2 Å². The van der Waals surface area contributed by atoms with Gasteiger partial charge in [0.1, 0.15) is 0 Å². The Labute approximate surface area is 120 Å². The standard InChI is InChI=1S/C15H21Cl2N/c1-2-10-18-15(11-6-7-11)9-8-12-13(16)4-3-5-14(12)17/h3-5,11,15,18H,2,6-10H2,1H3. The van der Waals surface area contributed by atoms with Gasteiger partial charge in [-0.1, -0.05) is 36.2 Å². The van der Waals surface area contributed by atoms with Gasteiger partial charge in [0.25, 0.3) is 0 Å². The number of hydrogen-bond donors (Lipinski definition) is 1. The Morgan fingerprint density at radius 3 is 2.50 bits per heavy atom. The van der Waals surface area contributed by atoms with Gasteiger partial charge in [0, 0.05) is 16.1 Å². The minimum absolute atomic E-state index is 0.636. The SMILES string of the molecule is CCCNC(CCc1c(Cl)cccc1Cl)C1CC1. The molecule has 0 aromatic heterocycles. The first-order chi connectivity index (χ1) is 8.72. The van der Waals surface area contributed by atoms with Gasteiger partial charge in [0.05, 0.1) is 0 Å². The first kappa shape index (κ1) is 14.2. The minimum Gasteiger partial charge on any atom is -0.314 e. The van der Waals surface area contributed by atoms with Crippen LogP contribution in [0.4, 0.5) is 0 Å². The fourth-order valence-electron chi connectivity index (χ4n) is 2.40. The lowest BCUT2D eigenvalue weighted by molar-refractivity contribution is 0.436. The lowest BCUT2D eigenvalue weighted by Gasteiger charge is -2.18. The highest BCUT2D eigenvalue weighted by Gasteiger charge is 2.30. The number of nitrogens with one attached hydrogen (secondary N) is 1. The summed E-state index contributed by atoms with van der Waals surface area (Å²) >= 11 is 12.4. The van der Waals surface area contributed by atoms with Gasteiger partial charge in [-0.3, -0.25) is 0 Å². The highest BCUT2D eigenvalue weighted by molar-refractivity contribution is 6.35. The van der Waals surface area contributed by atoms with E-state index in [1.165, 1.54) is 19.3 Å². The molecule has 0 amide bonds. The van der Waals surface area contributed by atoms with E-state index in [-0.39, 0.29) is 0 Å². The molecule has 1 aliphatic rings. The van der Waals surface area contributed by atoms with Crippen LogP contribution in [0.3, 0.4) is 0 Å². The van der Waals surface area contributed by atoms with E-state index >= 15 is 0 Å². The second-order valence-corrected chi connectivity index (χ2v) is 5.95. The summed E-state index contributed by atoms with van der Waals surface area (Å²) in [5.74, 6) is 0.873. The molecule has 0 saturated heterocycles. The number of hydrogen-bond acceptors (Lipinski definition) is 1. The lowest BCUT2D eigenvalue weighted by Crippen LogP contribution is -2.32. The van der Waals surface area contributed by atoms with E-state index in [4.69, 9.17) is 23.2 Å². The fourth-order valence-corrected chi connectivity index (χ4v) is 2.99. The summed E-state index contributed by atoms with van der Waals surface area (Å²) in [5.41, 5.74) is 1.10. The van der Waals surface area contributed by atoms with Gasteiger partial charge in [-0.2, -0.15) is 0 Å². The monoisotopic (exact) mass is 285 g/mol. The van der Waals surface area contributed by atoms with Crippen LogP contribution in [0.25, 0.3) is 0 Å². The van der Waals surface area contributed by atoms with Gasteiger partial charge >= 0.3 is 0 Å². The topological polar surface area (TPSA) is 12.0 Å². The average molecular weight is 286 g/mol. The second-order valence-electron chi connectivity index (χ2n) is 5.14. The van der Waals surface area contributed by atoms with Crippen molar-refractivity contribution in [2.45, 2.75) is 45.1 Å². The maximum Gasteiger partial charge on any atom is 0.0452 e. The molecule has 0 spiro atoms. The molecule has 1 N–H and O–H groups in total. The Hall–Kier alpha value is -0.240. The Kier molecular flexibility index (Phi) is 5.35. The Balaban J connectivity index is 1.92. The molecule has 0 heterocycles. The smallest absolute Gasteiger partial charge is 0.0452 e. The van der Waals surface area contributed by atoms with Crippen LogP contribution < -0.4 is 5.32 Å². The normalized spacial score (nSPS) is 16.8. The van der Waals surface area contributed by atoms with Crippen molar-refractivity contribution in [1.82, 2.24) is 5.32 Å². The molecule has 1 aliphatic carbocycles. The molecule has 0 bridgehead atoms. The third-order valence-corrected chi connectivity index (χ3v) is 4.32. The minimum atomic E-state index is 0.636. The van der Waals surface area contributed by atoms with Gasteiger partial charge in [-0.05, 0) is 62.3 Å². The third-order valence-electron chi connectivity index (χ3n) is 3.61. The number of benzene rings is 1. The van der Waals surface area contributed by atoms with E-state index in [1.54, 1.807) is 0 Å². The van der Waals surface area contributed by atoms with Crippen LogP contribution in [-0.4, -0.2) is 12.6 Å². The second kappa shape index (κ2) is 6.79. The molecule has 1 atom stereocenters. The average Bonchev–Trinajstić information content (AvgIpc) is 3.16. The van der Waals surface area contributed by atoms with Crippen LogP contribution in [0.5, 0.6) is 0 Å². The van der Waals surface area contributed by atoms with Crippen LogP contribution in [0.2, 0.25) is 10.0 Å². The van der Waals surface area contributed by atoms with E-state index < -0.39 is 0 Å². The molecular weight excluding hydrogens is 265 g/mol. The molecule has 2 rings (SSSR count). The number of halogens is 2. The quantitative estimate of drug-likeness (QED) is 0.765. The van der Waals surface area contributed by atoms with E-state index in [0.717, 1.165) is 40.9 Å². The zero-order chi connectivity index (χ0) is 13.0. The molecular formula is C15H21Cl2N. The summed E-state index contributed by atoms with van der Waals surface area (Å²) in [6.45, 7) is 3.32. The molecule has 1 nitrogen and oxygen atoms in total. The van der Waals surface area contributed by atoms with E-state index in [0.29, 0.717) is 6.04 Å². The highest BCUT2D eigenvalue weighted by atomic mass is 35.5. The zero-order valence-electron chi connectivity index (χ0n) is 10.9. The Morgan fingerprint density at radius 2 is 1.94 bits per heavy atom. The molecule has 18 heavy (non-hydrogen) atoms. The molecule has 3 heteroatoms. The van der Waals surface area contributed by atoms with Crippen molar-refractivity contribution < 1.29 is 0 Å². The predicted molar refractivity (Wildman–Crippen MR) is 79.6 cm³/mol. The predicted octanol–water partition coefficient (Wildman–Crippen LogP) is 4.70. The Morgan fingerprint density at radius 1 is 1.28 bits per heavy atom. The summed E-state index contributed by atoms with van der Waals surface area (Å²) in [6.07, 6.45) is 6.04. The fraction of sp³-hybridized carbons (Fsp3) is 0.600. The van der Waals surface area contributed by atoms with Crippen molar-refractivity contribution in [2.24, 2.45) is 5.92 Å². The van der Waals surface area contributed by atoms with Crippen molar-refractivity contribution >= 4 is 23.2 Å². The Bertz CT molecular complexity index is 368. The van der Waals surface area contributed by atoms with Gasteiger partial charge < -0.3 is 5.32 Å². The van der Waals surface area contributed by atoms with E-state index in [2.05, 4.69) is 12.2 Å². The first-order valence-corrected chi connectivity index (χ1v) is 7.64. The van der Waals surface area contributed by atoms with Gasteiger partial charge in [-0.15, -0.1) is 0 Å². The first-order valence-electron chi connectivity index (χ1n) is 6.88. The number of rotatable bonds is 7. The molecule has 1 unspecified atom stereocenters. The zero-order valence-corrected chi connectivity index (χ0v) is 12.4. The van der Waals surface area contributed by atoms with Gasteiger partial charge in [0.2, 0.25) is 0 Å². The van der Waals surface area contributed by atoms with Crippen LogP contribution in [0.1, 0.15) is 38.2 Å². The van der Waals surface area contributed by atoms with Crippen molar-refractivity contribution in [3.8, 4) is 0 Å². The summed E-state index contributed by atoms with van der Waals surface area (Å²) < 4.78 is 0. The third kappa shape index (κ3) is 3.88. The molecule has 1 fully saturated rings. The maximum absolute atomic E-state index is 6.21. The summed E-state index contributed by atoms with van der Waals surface area (Å²) in [7, 11) is 0. The van der Waals surface area contributed by atoms with Crippen molar-refractivity contribution in [1.29, 1.82) is 0 Å². The largest absolute Gasteiger partial charge is 0.314 e. The molecule has 1 aromatic rings. The van der Waals surface area contributed by atoms with Crippen LogP contribution >= 0.6 is 23.2 Å². The summed E-state index contributed by atoms with van der Waals surface area (Å²) in [5, 5.41) is 5.25. The van der Waals surface area contributed by atoms with Crippen molar-refractivity contribution in [3.63, 3.8) is 0 Å². The molecule has 100 valence electrons. The molecule has 0 aliphatic heterocycles. The van der Waals surface area contributed by atoms with Crippen LogP contribution in [0.15, 0.2) is 18.2 Å². The van der Waals surface area contributed by atoms with E-state index in [9.17, 15) is 0 Å². The van der Waals surface area contributed by atoms with Crippen molar-refractivity contribution in [3.05, 3.63) is 33.8 Å². The van der Waals surface area contributed by atoms with Gasteiger partial charge in [0.15, 0.2) is 0 Å². The molecule has 0 radical (unpaired) electrons. The van der Waals surface area contributed by atoms with Crippen molar-refractivity contribution in [2.75, 3.05) is 6.54 Å². The summed E-state index contributed by atoms with van der Waals surface area (Å²) in [6, 6.07) is 6.39. The van der Waals surface area contributed by atoms with Crippen LogP contribution in [0, 0.1) is 5.92 Å². The highest BCUT2D eigenvalue weighted by Crippen LogP contribution is 2.35. The summed E-state index contributed by atoms with van der Waals surface area (Å²) in [4.78, 5) is 0. The lowest BCUT2D eigenvalue weighted by atomic mass is 10.0. The molecule has 1 saturated carbocycles. The van der Waals surface area contributed by atoms with Crippen LogP contribution in [-0.2, 0) is 6.42 Å².